The third kappa shape index (κ3) is 4.00. The van der Waals surface area contributed by atoms with E-state index in [0.29, 0.717) is 0 Å². The predicted octanol–water partition coefficient (Wildman–Crippen LogP) is 5.20. The molecule has 2 rings (SSSR count). The van der Waals surface area contributed by atoms with E-state index < -0.39 is 0 Å². The lowest BCUT2D eigenvalue weighted by molar-refractivity contribution is 0.315. The van der Waals surface area contributed by atoms with Gasteiger partial charge in [0.25, 0.3) is 0 Å². The summed E-state index contributed by atoms with van der Waals surface area (Å²) in [6.45, 7) is 2.81. The Morgan fingerprint density at radius 2 is 2.00 bits per heavy atom. The van der Waals surface area contributed by atoms with E-state index >= 15 is 0 Å². The molecule has 2 aromatic carbocycles. The van der Waals surface area contributed by atoms with Crippen molar-refractivity contribution in [2.45, 2.75) is 19.4 Å². The maximum Gasteiger partial charge on any atom is 0.133 e. The topological polar surface area (TPSA) is 21.3 Å². The van der Waals surface area contributed by atoms with Gasteiger partial charge in [0.1, 0.15) is 5.75 Å². The van der Waals surface area contributed by atoms with Crippen LogP contribution in [-0.2, 0) is 0 Å². The molecule has 2 aromatic rings. The van der Waals surface area contributed by atoms with E-state index in [0.717, 1.165) is 39.4 Å². The van der Waals surface area contributed by atoms with Gasteiger partial charge in [0, 0.05) is 5.02 Å². The van der Waals surface area contributed by atoms with Crippen LogP contribution in [0.3, 0.4) is 0 Å². The molecule has 0 aliphatic heterocycles. The van der Waals surface area contributed by atoms with Crippen molar-refractivity contribution in [1.29, 1.82) is 0 Å². The van der Waals surface area contributed by atoms with Gasteiger partial charge in [0.2, 0.25) is 0 Å². The van der Waals surface area contributed by atoms with Crippen LogP contribution in [0.2, 0.25) is 5.02 Å². The maximum atomic E-state index is 6.31. The fourth-order valence-electron chi connectivity index (χ4n) is 2.24. The van der Waals surface area contributed by atoms with E-state index in [1.165, 1.54) is 0 Å². The molecule has 0 aromatic heterocycles. The molecule has 2 nitrogen and oxygen atoms in total. The Kier molecular flexibility index (Phi) is 6.09. The third-order valence-electron chi connectivity index (χ3n) is 3.26. The minimum atomic E-state index is 0.0511. The van der Waals surface area contributed by atoms with Crippen LogP contribution in [0.5, 0.6) is 5.75 Å². The average Bonchev–Trinajstić information content (AvgIpc) is 2.49. The Balaban J connectivity index is 2.31. The molecule has 0 bridgehead atoms. The minimum absolute atomic E-state index is 0.0511. The van der Waals surface area contributed by atoms with Gasteiger partial charge in [-0.2, -0.15) is 0 Å². The van der Waals surface area contributed by atoms with Crippen molar-refractivity contribution in [2.75, 3.05) is 13.7 Å². The summed E-state index contributed by atoms with van der Waals surface area (Å²) in [7, 11) is 1.93. The van der Waals surface area contributed by atoms with Crippen LogP contribution >= 0.6 is 27.5 Å². The van der Waals surface area contributed by atoms with Crippen LogP contribution in [-0.4, -0.2) is 13.7 Å². The van der Waals surface area contributed by atoms with Gasteiger partial charge in [-0.25, -0.2) is 0 Å². The van der Waals surface area contributed by atoms with Gasteiger partial charge in [0.15, 0.2) is 0 Å². The number of hydrogen-bond acceptors (Lipinski definition) is 2. The quantitative estimate of drug-likeness (QED) is 0.756. The molecule has 0 fully saturated rings. The fourth-order valence-corrected chi connectivity index (χ4v) is 2.99. The van der Waals surface area contributed by atoms with Crippen molar-refractivity contribution in [2.24, 2.45) is 0 Å². The Morgan fingerprint density at radius 3 is 2.62 bits per heavy atom. The van der Waals surface area contributed by atoms with Gasteiger partial charge < -0.3 is 10.1 Å². The van der Waals surface area contributed by atoms with E-state index in [4.69, 9.17) is 16.3 Å². The summed E-state index contributed by atoms with van der Waals surface area (Å²) in [5.41, 5.74) is 2.21. The largest absolute Gasteiger partial charge is 0.492 e. The molecule has 21 heavy (non-hydrogen) atoms. The van der Waals surface area contributed by atoms with Gasteiger partial charge in [0.05, 0.1) is 17.1 Å². The number of benzene rings is 2. The van der Waals surface area contributed by atoms with Crippen LogP contribution in [0.1, 0.15) is 30.5 Å². The van der Waals surface area contributed by atoms with Crippen molar-refractivity contribution < 1.29 is 4.74 Å². The first kappa shape index (κ1) is 16.3. The average molecular weight is 369 g/mol. The fraction of sp³-hybridized carbons (Fsp3) is 0.294. The Morgan fingerprint density at radius 1 is 1.24 bits per heavy atom. The second-order valence-corrected chi connectivity index (χ2v) is 6.04. The van der Waals surface area contributed by atoms with Crippen LogP contribution in [0.25, 0.3) is 0 Å². The van der Waals surface area contributed by atoms with Crippen molar-refractivity contribution in [3.05, 3.63) is 63.1 Å². The summed E-state index contributed by atoms with van der Waals surface area (Å²) in [6, 6.07) is 14.1. The van der Waals surface area contributed by atoms with Gasteiger partial charge >= 0.3 is 0 Å². The van der Waals surface area contributed by atoms with E-state index in [1.807, 2.05) is 37.4 Å². The normalized spacial score (nSPS) is 12.2. The smallest absolute Gasteiger partial charge is 0.133 e. The van der Waals surface area contributed by atoms with Crippen LogP contribution < -0.4 is 10.1 Å². The highest BCUT2D eigenvalue weighted by molar-refractivity contribution is 9.10. The molecule has 0 aliphatic rings. The zero-order chi connectivity index (χ0) is 15.2. The molecule has 4 heteroatoms. The number of hydrogen-bond donors (Lipinski definition) is 1. The first-order valence-corrected chi connectivity index (χ1v) is 8.18. The summed E-state index contributed by atoms with van der Waals surface area (Å²) in [5.74, 6) is 0.870. The van der Waals surface area contributed by atoms with Crippen molar-refractivity contribution in [3.8, 4) is 5.75 Å². The number of nitrogens with one attached hydrogen (secondary N) is 1. The zero-order valence-corrected chi connectivity index (χ0v) is 14.5. The summed E-state index contributed by atoms with van der Waals surface area (Å²) in [5, 5.41) is 4.08. The van der Waals surface area contributed by atoms with Gasteiger partial charge in [-0.1, -0.05) is 42.8 Å². The lowest BCUT2D eigenvalue weighted by Crippen LogP contribution is -2.18. The molecule has 0 spiro atoms. The molecule has 1 N–H and O–H groups in total. The number of halogens is 2. The van der Waals surface area contributed by atoms with Crippen LogP contribution in [0.4, 0.5) is 0 Å². The van der Waals surface area contributed by atoms with Gasteiger partial charge in [-0.15, -0.1) is 0 Å². The number of rotatable bonds is 6. The van der Waals surface area contributed by atoms with E-state index in [9.17, 15) is 0 Å². The highest BCUT2D eigenvalue weighted by atomic mass is 79.9. The van der Waals surface area contributed by atoms with Gasteiger partial charge in [-0.05, 0) is 58.7 Å². The molecule has 1 atom stereocenters. The minimum Gasteiger partial charge on any atom is -0.492 e. The zero-order valence-electron chi connectivity index (χ0n) is 12.2. The summed E-state index contributed by atoms with van der Waals surface area (Å²) < 4.78 is 6.65. The molecular formula is C17H19BrClNO. The van der Waals surface area contributed by atoms with E-state index in [1.54, 1.807) is 0 Å². The third-order valence-corrected chi connectivity index (χ3v) is 4.22. The van der Waals surface area contributed by atoms with Crippen molar-refractivity contribution in [3.63, 3.8) is 0 Å². The van der Waals surface area contributed by atoms with Crippen molar-refractivity contribution >= 4 is 27.5 Å². The highest BCUT2D eigenvalue weighted by Crippen LogP contribution is 2.33. The monoisotopic (exact) mass is 367 g/mol. The second-order valence-electron chi connectivity index (χ2n) is 4.78. The molecule has 0 aliphatic carbocycles. The standard InChI is InChI=1S/C17H19BrClNO/c1-3-10-21-16-9-8-12(11-14(16)18)17(20-2)13-6-4-5-7-15(13)19/h4-9,11,17,20H,3,10H2,1-2H3. The summed E-state index contributed by atoms with van der Waals surface area (Å²) in [6.07, 6.45) is 0.993. The SMILES string of the molecule is CCCOc1ccc(C(NC)c2ccccc2Cl)cc1Br. The van der Waals surface area contributed by atoms with Gasteiger partial charge in [-0.3, -0.25) is 0 Å². The summed E-state index contributed by atoms with van der Waals surface area (Å²) in [4.78, 5) is 0. The summed E-state index contributed by atoms with van der Waals surface area (Å²) >= 11 is 9.89. The molecule has 112 valence electrons. The second kappa shape index (κ2) is 7.83. The molecule has 0 heterocycles. The van der Waals surface area contributed by atoms with Crippen LogP contribution in [0, 0.1) is 0 Å². The molecule has 1 unspecified atom stereocenters. The molecule has 0 amide bonds. The number of ether oxygens (including phenoxy) is 1. The van der Waals surface area contributed by atoms with Crippen molar-refractivity contribution in [1.82, 2.24) is 5.32 Å². The van der Waals surface area contributed by atoms with E-state index in [-0.39, 0.29) is 6.04 Å². The molecule has 0 radical (unpaired) electrons. The Hall–Kier alpha value is -1.03. The molecule has 0 saturated heterocycles. The highest BCUT2D eigenvalue weighted by Gasteiger charge is 2.16. The maximum absolute atomic E-state index is 6.31. The molecule has 0 saturated carbocycles. The predicted molar refractivity (Wildman–Crippen MR) is 92.3 cm³/mol. The Bertz CT molecular complexity index is 603. The first-order valence-electron chi connectivity index (χ1n) is 7.01. The lowest BCUT2D eigenvalue weighted by Gasteiger charge is -2.19. The first-order chi connectivity index (χ1) is 10.2. The Labute approximate surface area is 139 Å². The molecular weight excluding hydrogens is 350 g/mol. The van der Waals surface area contributed by atoms with E-state index in [2.05, 4.69) is 40.3 Å². The van der Waals surface area contributed by atoms with Crippen LogP contribution in [0.15, 0.2) is 46.9 Å². The lowest BCUT2D eigenvalue weighted by atomic mass is 9.99.